The van der Waals surface area contributed by atoms with Crippen LogP contribution in [0.5, 0.6) is 0 Å². The molecular weight excluding hydrogens is 376 g/mol. The molecule has 0 bridgehead atoms. The predicted molar refractivity (Wildman–Crippen MR) is 106 cm³/mol. The highest BCUT2D eigenvalue weighted by molar-refractivity contribution is 5.91. The molecule has 1 aromatic rings. The van der Waals surface area contributed by atoms with Gasteiger partial charge in [0, 0.05) is 45.7 Å². The molecule has 0 unspecified atom stereocenters. The number of rotatable bonds is 6. The fraction of sp³-hybridized carbons (Fsp3) is 0.500. The second kappa shape index (κ2) is 10.4. The van der Waals surface area contributed by atoms with Crippen molar-refractivity contribution in [2.75, 3.05) is 32.8 Å². The molecule has 1 heterocycles. The van der Waals surface area contributed by atoms with Gasteiger partial charge in [-0.15, -0.1) is 0 Å². The maximum atomic E-state index is 12.2. The second-order valence-corrected chi connectivity index (χ2v) is 7.14. The van der Waals surface area contributed by atoms with Gasteiger partial charge in [0.05, 0.1) is 5.56 Å². The van der Waals surface area contributed by atoms with Crippen LogP contribution < -0.4 is 10.6 Å². The standard InChI is InChI=1S/C20H28N4O5/c1-14(2)22-20(28)21-12-16-4-6-17(7-5-16)19(27)29-13-18(26)24-10-8-23(9-11-24)15(3)25/h4-7,14H,8-13H2,1-3H3,(H2,21,22,28). The molecule has 2 N–H and O–H groups in total. The summed E-state index contributed by atoms with van der Waals surface area (Å²) < 4.78 is 5.11. The van der Waals surface area contributed by atoms with Crippen molar-refractivity contribution in [3.63, 3.8) is 0 Å². The zero-order valence-electron chi connectivity index (χ0n) is 17.1. The Balaban J connectivity index is 1.75. The molecule has 0 aliphatic carbocycles. The van der Waals surface area contributed by atoms with Crippen molar-refractivity contribution in [1.29, 1.82) is 0 Å². The molecule has 1 fully saturated rings. The Labute approximate surface area is 170 Å². The third-order valence-electron chi connectivity index (χ3n) is 4.47. The van der Waals surface area contributed by atoms with Gasteiger partial charge < -0.3 is 25.2 Å². The second-order valence-electron chi connectivity index (χ2n) is 7.14. The number of piperazine rings is 1. The maximum absolute atomic E-state index is 12.2. The molecule has 1 saturated heterocycles. The third kappa shape index (κ3) is 7.10. The lowest BCUT2D eigenvalue weighted by atomic mass is 10.1. The van der Waals surface area contributed by atoms with Gasteiger partial charge in [0.15, 0.2) is 6.61 Å². The average molecular weight is 404 g/mol. The third-order valence-corrected chi connectivity index (χ3v) is 4.47. The van der Waals surface area contributed by atoms with E-state index in [1.165, 1.54) is 6.92 Å². The van der Waals surface area contributed by atoms with Gasteiger partial charge in [-0.2, -0.15) is 0 Å². The Hall–Kier alpha value is -3.10. The molecule has 2 rings (SSSR count). The summed E-state index contributed by atoms with van der Waals surface area (Å²) >= 11 is 0. The number of benzene rings is 1. The first kappa shape index (κ1) is 22.2. The van der Waals surface area contributed by atoms with Crippen molar-refractivity contribution in [1.82, 2.24) is 20.4 Å². The zero-order valence-corrected chi connectivity index (χ0v) is 17.1. The van der Waals surface area contributed by atoms with E-state index in [2.05, 4.69) is 10.6 Å². The van der Waals surface area contributed by atoms with Gasteiger partial charge in [-0.3, -0.25) is 9.59 Å². The van der Waals surface area contributed by atoms with E-state index in [0.717, 1.165) is 5.56 Å². The summed E-state index contributed by atoms with van der Waals surface area (Å²) in [5.74, 6) is -0.876. The molecule has 1 aromatic carbocycles. The fourth-order valence-electron chi connectivity index (χ4n) is 2.83. The molecular formula is C20H28N4O5. The van der Waals surface area contributed by atoms with Gasteiger partial charge in [-0.1, -0.05) is 12.1 Å². The quantitative estimate of drug-likeness (QED) is 0.680. The van der Waals surface area contributed by atoms with E-state index in [4.69, 9.17) is 4.74 Å². The summed E-state index contributed by atoms with van der Waals surface area (Å²) in [6, 6.07) is 6.41. The van der Waals surface area contributed by atoms with Crippen molar-refractivity contribution in [3.05, 3.63) is 35.4 Å². The summed E-state index contributed by atoms with van der Waals surface area (Å²) in [6.07, 6.45) is 0. The minimum atomic E-state index is -0.585. The topological polar surface area (TPSA) is 108 Å². The summed E-state index contributed by atoms with van der Waals surface area (Å²) in [4.78, 5) is 50.5. The van der Waals surface area contributed by atoms with Crippen molar-refractivity contribution >= 4 is 23.8 Å². The summed E-state index contributed by atoms with van der Waals surface area (Å²) in [7, 11) is 0. The number of nitrogens with one attached hydrogen (secondary N) is 2. The molecule has 4 amide bonds. The van der Waals surface area contributed by atoms with Crippen LogP contribution >= 0.6 is 0 Å². The van der Waals surface area contributed by atoms with E-state index < -0.39 is 5.97 Å². The molecule has 0 aromatic heterocycles. The minimum absolute atomic E-state index is 0.0114. The highest BCUT2D eigenvalue weighted by atomic mass is 16.5. The van der Waals surface area contributed by atoms with Crippen molar-refractivity contribution in [3.8, 4) is 0 Å². The molecule has 29 heavy (non-hydrogen) atoms. The Morgan fingerprint density at radius 2 is 1.59 bits per heavy atom. The van der Waals surface area contributed by atoms with Gasteiger partial charge >= 0.3 is 12.0 Å². The first-order valence-corrected chi connectivity index (χ1v) is 9.60. The minimum Gasteiger partial charge on any atom is -0.452 e. The highest BCUT2D eigenvalue weighted by Crippen LogP contribution is 2.07. The number of amides is 4. The lowest BCUT2D eigenvalue weighted by Gasteiger charge is -2.34. The number of nitrogens with zero attached hydrogens (tertiary/aromatic N) is 2. The number of hydrogen-bond acceptors (Lipinski definition) is 5. The van der Waals surface area contributed by atoms with Crippen LogP contribution in [0.1, 0.15) is 36.7 Å². The number of urea groups is 1. The average Bonchev–Trinajstić information content (AvgIpc) is 2.70. The molecule has 1 aliphatic rings. The van der Waals surface area contributed by atoms with Crippen LogP contribution in [0.15, 0.2) is 24.3 Å². The van der Waals surface area contributed by atoms with Crippen LogP contribution in [0, 0.1) is 0 Å². The lowest BCUT2D eigenvalue weighted by molar-refractivity contribution is -0.140. The molecule has 158 valence electrons. The van der Waals surface area contributed by atoms with Crippen LogP contribution in [0.25, 0.3) is 0 Å². The Morgan fingerprint density at radius 1 is 1.00 bits per heavy atom. The number of hydrogen-bond donors (Lipinski definition) is 2. The van der Waals surface area contributed by atoms with Crippen LogP contribution in [0.4, 0.5) is 4.79 Å². The van der Waals surface area contributed by atoms with Crippen LogP contribution in [0.2, 0.25) is 0 Å². The maximum Gasteiger partial charge on any atom is 0.338 e. The molecule has 1 aliphatic heterocycles. The van der Waals surface area contributed by atoms with Gasteiger partial charge in [-0.25, -0.2) is 9.59 Å². The number of carbonyl (C=O) groups excluding carboxylic acids is 4. The van der Waals surface area contributed by atoms with Gasteiger partial charge in [0.25, 0.3) is 5.91 Å². The SMILES string of the molecule is CC(=O)N1CCN(C(=O)COC(=O)c2ccc(CNC(=O)NC(C)C)cc2)CC1. The van der Waals surface area contributed by atoms with E-state index in [1.807, 2.05) is 13.8 Å². The van der Waals surface area contributed by atoms with Crippen molar-refractivity contribution in [2.24, 2.45) is 0 Å². The summed E-state index contributed by atoms with van der Waals surface area (Å²) in [5, 5.41) is 5.45. The smallest absolute Gasteiger partial charge is 0.338 e. The Morgan fingerprint density at radius 3 is 2.14 bits per heavy atom. The van der Waals surface area contributed by atoms with E-state index in [1.54, 1.807) is 34.1 Å². The van der Waals surface area contributed by atoms with Crippen molar-refractivity contribution in [2.45, 2.75) is 33.4 Å². The summed E-state index contributed by atoms with van der Waals surface area (Å²) in [5.41, 5.74) is 1.16. The van der Waals surface area contributed by atoms with Crippen LogP contribution in [0.3, 0.4) is 0 Å². The van der Waals surface area contributed by atoms with E-state index in [0.29, 0.717) is 38.3 Å². The molecule has 0 radical (unpaired) electrons. The molecule has 0 atom stereocenters. The van der Waals surface area contributed by atoms with Gasteiger partial charge in [-0.05, 0) is 31.5 Å². The largest absolute Gasteiger partial charge is 0.452 e. The van der Waals surface area contributed by atoms with Crippen molar-refractivity contribution < 1.29 is 23.9 Å². The predicted octanol–water partition coefficient (Wildman–Crippen LogP) is 0.742. The Bertz CT molecular complexity index is 740. The first-order chi connectivity index (χ1) is 13.8. The molecule has 9 nitrogen and oxygen atoms in total. The first-order valence-electron chi connectivity index (χ1n) is 9.60. The van der Waals surface area contributed by atoms with Gasteiger partial charge in [0.1, 0.15) is 0 Å². The zero-order chi connectivity index (χ0) is 21.4. The normalized spacial score (nSPS) is 13.8. The number of ether oxygens (including phenoxy) is 1. The van der Waals surface area contributed by atoms with E-state index in [9.17, 15) is 19.2 Å². The van der Waals surface area contributed by atoms with Crippen LogP contribution in [-0.4, -0.2) is 72.4 Å². The fourth-order valence-corrected chi connectivity index (χ4v) is 2.83. The van der Waals surface area contributed by atoms with E-state index in [-0.39, 0.29) is 30.5 Å². The number of esters is 1. The summed E-state index contributed by atoms with van der Waals surface area (Å²) in [6.45, 7) is 7.08. The molecule has 0 saturated carbocycles. The Kier molecular flexibility index (Phi) is 7.99. The molecule has 0 spiro atoms. The van der Waals surface area contributed by atoms with Crippen LogP contribution in [-0.2, 0) is 20.9 Å². The van der Waals surface area contributed by atoms with E-state index >= 15 is 0 Å². The monoisotopic (exact) mass is 404 g/mol. The van der Waals surface area contributed by atoms with Gasteiger partial charge in [0.2, 0.25) is 5.91 Å². The number of carbonyl (C=O) groups is 4. The molecule has 9 heteroatoms. The lowest BCUT2D eigenvalue weighted by Crippen LogP contribution is -2.51. The highest BCUT2D eigenvalue weighted by Gasteiger charge is 2.23.